The van der Waals surface area contributed by atoms with E-state index < -0.39 is 0 Å². The first-order chi connectivity index (χ1) is 14.6. The lowest BCUT2D eigenvalue weighted by Crippen LogP contribution is -2.13. The van der Waals surface area contributed by atoms with Crippen LogP contribution in [0.1, 0.15) is 34.6 Å². The van der Waals surface area contributed by atoms with E-state index in [0.29, 0.717) is 28.2 Å². The van der Waals surface area contributed by atoms with Gasteiger partial charge in [0, 0.05) is 17.9 Å². The minimum absolute atomic E-state index is 0.108. The van der Waals surface area contributed by atoms with Gasteiger partial charge in [-0.3, -0.25) is 10.1 Å². The molecule has 1 amide bonds. The third-order valence-corrected chi connectivity index (χ3v) is 5.20. The van der Waals surface area contributed by atoms with E-state index in [1.165, 1.54) is 16.9 Å². The van der Waals surface area contributed by atoms with Crippen LogP contribution in [0.25, 0.3) is 11.3 Å². The molecular weight excluding hydrogens is 400 g/mol. The second kappa shape index (κ2) is 8.87. The first-order valence-corrected chi connectivity index (χ1v) is 10.4. The van der Waals surface area contributed by atoms with Crippen molar-refractivity contribution >= 4 is 22.4 Å². The van der Waals surface area contributed by atoms with Crippen LogP contribution in [-0.4, -0.2) is 21.0 Å². The molecule has 152 valence electrons. The molecule has 30 heavy (non-hydrogen) atoms. The summed E-state index contributed by atoms with van der Waals surface area (Å²) in [5, 5.41) is 9.10. The molecule has 0 aliphatic carbocycles. The van der Waals surface area contributed by atoms with Gasteiger partial charge in [0.1, 0.15) is 5.75 Å². The van der Waals surface area contributed by atoms with E-state index in [0.717, 1.165) is 17.7 Å². The zero-order chi connectivity index (χ0) is 20.9. The molecule has 1 N–H and O–H groups in total. The fourth-order valence-electron chi connectivity index (χ4n) is 2.86. The minimum Gasteiger partial charge on any atom is -0.485 e. The topological polar surface area (TPSA) is 90.1 Å². The Hall–Kier alpha value is -3.52. The summed E-state index contributed by atoms with van der Waals surface area (Å²) in [5.74, 6) is 1.02. The summed E-state index contributed by atoms with van der Waals surface area (Å²) >= 11 is 1.38. The zero-order valence-electron chi connectivity index (χ0n) is 16.6. The van der Waals surface area contributed by atoms with Gasteiger partial charge in [0.25, 0.3) is 5.91 Å². The van der Waals surface area contributed by atoms with Crippen molar-refractivity contribution in [3.8, 4) is 17.0 Å². The van der Waals surface area contributed by atoms with Crippen molar-refractivity contribution in [1.29, 1.82) is 0 Å². The molecule has 0 aliphatic rings. The van der Waals surface area contributed by atoms with Gasteiger partial charge in [0.15, 0.2) is 11.7 Å². The van der Waals surface area contributed by atoms with Gasteiger partial charge in [-0.05, 0) is 24.1 Å². The number of carbonyl (C=O) groups excluding carboxylic acids is 1. The smallest absolute Gasteiger partial charge is 0.261 e. The predicted octanol–water partition coefficient (Wildman–Crippen LogP) is 4.90. The minimum atomic E-state index is -0.294. The van der Waals surface area contributed by atoms with Crippen molar-refractivity contribution in [2.75, 3.05) is 5.32 Å². The summed E-state index contributed by atoms with van der Waals surface area (Å²) in [4.78, 5) is 21.4. The lowest BCUT2D eigenvalue weighted by atomic mass is 10.1. The number of hydrogen-bond acceptors (Lipinski definition) is 7. The summed E-state index contributed by atoms with van der Waals surface area (Å²) in [7, 11) is 0. The summed E-state index contributed by atoms with van der Waals surface area (Å²) in [6.45, 7) is 3.94. The number of aromatic nitrogens is 3. The predicted molar refractivity (Wildman–Crippen MR) is 115 cm³/mol. The van der Waals surface area contributed by atoms with Crippen LogP contribution < -0.4 is 10.1 Å². The van der Waals surface area contributed by atoms with E-state index in [4.69, 9.17) is 9.26 Å². The average Bonchev–Trinajstić information content (AvgIpc) is 3.41. The Kier molecular flexibility index (Phi) is 5.85. The van der Waals surface area contributed by atoms with Gasteiger partial charge in [0.05, 0.1) is 11.3 Å². The van der Waals surface area contributed by atoms with Crippen LogP contribution in [0.4, 0.5) is 5.13 Å². The van der Waals surface area contributed by atoms with E-state index in [-0.39, 0.29) is 12.5 Å². The van der Waals surface area contributed by atoms with Crippen molar-refractivity contribution in [3.05, 3.63) is 76.8 Å². The number of ether oxygens (including phenoxy) is 1. The fraction of sp³-hybridized carbons (Fsp3) is 0.182. The van der Waals surface area contributed by atoms with Crippen molar-refractivity contribution in [1.82, 2.24) is 15.1 Å². The second-order valence-corrected chi connectivity index (χ2v) is 7.42. The van der Waals surface area contributed by atoms with E-state index in [1.54, 1.807) is 31.2 Å². The number of rotatable bonds is 7. The Bertz CT molecular complexity index is 1150. The maximum absolute atomic E-state index is 12.8. The van der Waals surface area contributed by atoms with Gasteiger partial charge in [-0.25, -0.2) is 4.98 Å². The molecule has 0 unspecified atom stereocenters. The highest BCUT2D eigenvalue weighted by atomic mass is 32.1. The quantitative estimate of drug-likeness (QED) is 0.458. The second-order valence-electron chi connectivity index (χ2n) is 6.56. The van der Waals surface area contributed by atoms with Crippen LogP contribution in [-0.2, 0) is 13.0 Å². The monoisotopic (exact) mass is 420 g/mol. The van der Waals surface area contributed by atoms with Gasteiger partial charge in [-0.1, -0.05) is 48.5 Å². The number of amides is 1. The number of hydrogen-bond donors (Lipinski definition) is 1. The van der Waals surface area contributed by atoms with Gasteiger partial charge >= 0.3 is 0 Å². The molecule has 0 saturated heterocycles. The lowest BCUT2D eigenvalue weighted by Gasteiger charge is -2.09. The Morgan fingerprint density at radius 2 is 1.93 bits per heavy atom. The molecule has 2 heterocycles. The average molecular weight is 420 g/mol. The van der Waals surface area contributed by atoms with Crippen LogP contribution in [0.3, 0.4) is 0 Å². The molecule has 0 aliphatic heterocycles. The molecule has 4 rings (SSSR count). The summed E-state index contributed by atoms with van der Waals surface area (Å²) < 4.78 is 10.7. The number of para-hydroxylation sites is 1. The molecule has 0 atom stereocenters. The molecule has 0 radical (unpaired) electrons. The summed E-state index contributed by atoms with van der Waals surface area (Å²) in [5.41, 5.74) is 3.52. The third-order valence-electron chi connectivity index (χ3n) is 4.44. The first kappa shape index (κ1) is 19.8. The van der Waals surface area contributed by atoms with Gasteiger partial charge in [0.2, 0.25) is 11.7 Å². The standard InChI is InChI=1S/C22H20N4O3S/c1-3-15-8-10-16(11-9-15)18-13-30-22(24-18)25-21(27)17-6-4-5-7-19(17)28-12-20-23-14(2)29-26-20/h4-11,13H,3,12H2,1-2H3,(H,24,25,27). The lowest BCUT2D eigenvalue weighted by molar-refractivity contribution is 0.102. The number of nitrogens with one attached hydrogen (secondary N) is 1. The summed E-state index contributed by atoms with van der Waals surface area (Å²) in [6, 6.07) is 15.3. The highest BCUT2D eigenvalue weighted by molar-refractivity contribution is 7.14. The molecule has 4 aromatic rings. The molecule has 0 saturated carbocycles. The Morgan fingerprint density at radius 3 is 2.67 bits per heavy atom. The summed E-state index contributed by atoms with van der Waals surface area (Å²) in [6.07, 6.45) is 0.993. The van der Waals surface area contributed by atoms with Gasteiger partial charge < -0.3 is 9.26 Å². The molecule has 2 aromatic carbocycles. The highest BCUT2D eigenvalue weighted by Gasteiger charge is 2.15. The van der Waals surface area contributed by atoms with E-state index in [2.05, 4.69) is 39.5 Å². The fourth-order valence-corrected chi connectivity index (χ4v) is 3.58. The zero-order valence-corrected chi connectivity index (χ0v) is 17.4. The van der Waals surface area contributed by atoms with E-state index in [9.17, 15) is 4.79 Å². The Labute approximate surface area is 177 Å². The molecule has 0 bridgehead atoms. The van der Waals surface area contributed by atoms with Crippen molar-refractivity contribution in [2.24, 2.45) is 0 Å². The van der Waals surface area contributed by atoms with Gasteiger partial charge in [-0.15, -0.1) is 11.3 Å². The maximum atomic E-state index is 12.8. The Balaban J connectivity index is 1.45. The van der Waals surface area contributed by atoms with Gasteiger partial charge in [-0.2, -0.15) is 4.98 Å². The number of aryl methyl sites for hydroxylation is 2. The highest BCUT2D eigenvalue weighted by Crippen LogP contribution is 2.27. The number of benzene rings is 2. The Morgan fingerprint density at radius 1 is 1.13 bits per heavy atom. The van der Waals surface area contributed by atoms with Crippen molar-refractivity contribution < 1.29 is 14.1 Å². The number of nitrogens with zero attached hydrogens (tertiary/aromatic N) is 3. The molecule has 8 heteroatoms. The maximum Gasteiger partial charge on any atom is 0.261 e. The molecule has 7 nitrogen and oxygen atoms in total. The normalized spacial score (nSPS) is 10.7. The van der Waals surface area contributed by atoms with Crippen LogP contribution in [0, 0.1) is 6.92 Å². The van der Waals surface area contributed by atoms with Crippen LogP contribution in [0.2, 0.25) is 0 Å². The van der Waals surface area contributed by atoms with E-state index >= 15 is 0 Å². The van der Waals surface area contributed by atoms with E-state index in [1.807, 2.05) is 17.5 Å². The first-order valence-electron chi connectivity index (χ1n) is 9.49. The molecular formula is C22H20N4O3S. The third kappa shape index (κ3) is 4.55. The van der Waals surface area contributed by atoms with Crippen LogP contribution >= 0.6 is 11.3 Å². The van der Waals surface area contributed by atoms with Crippen molar-refractivity contribution in [2.45, 2.75) is 26.9 Å². The molecule has 2 aromatic heterocycles. The number of thiazole rings is 1. The SMILES string of the molecule is CCc1ccc(-c2csc(NC(=O)c3ccccc3OCc3noc(C)n3)n2)cc1. The van der Waals surface area contributed by atoms with Crippen LogP contribution in [0.5, 0.6) is 5.75 Å². The molecule has 0 spiro atoms. The van der Waals surface area contributed by atoms with Crippen molar-refractivity contribution in [3.63, 3.8) is 0 Å². The largest absolute Gasteiger partial charge is 0.485 e. The number of anilines is 1. The molecule has 0 fully saturated rings. The number of carbonyl (C=O) groups is 1. The van der Waals surface area contributed by atoms with Crippen LogP contribution in [0.15, 0.2) is 58.4 Å².